The molecule has 0 saturated carbocycles. The predicted octanol–water partition coefficient (Wildman–Crippen LogP) is 2.36. The highest BCUT2D eigenvalue weighted by Gasteiger charge is 2.09. The van der Waals surface area contributed by atoms with E-state index in [1.165, 1.54) is 5.56 Å². The van der Waals surface area contributed by atoms with Crippen molar-refractivity contribution in [3.63, 3.8) is 0 Å². The van der Waals surface area contributed by atoms with Crippen molar-refractivity contribution in [1.29, 1.82) is 0 Å². The van der Waals surface area contributed by atoms with Crippen molar-refractivity contribution in [3.05, 3.63) is 35.6 Å². The van der Waals surface area contributed by atoms with Gasteiger partial charge >= 0.3 is 0 Å². The first-order valence-electron chi connectivity index (χ1n) is 6.66. The molecule has 1 aromatic heterocycles. The highest BCUT2D eigenvalue weighted by Crippen LogP contribution is 2.24. The SMILES string of the molecule is CCNC(=O)CCNCc1c(C)oc2ccccc12. The first kappa shape index (κ1) is 13.6. The zero-order valence-corrected chi connectivity index (χ0v) is 11.5. The van der Waals surface area contributed by atoms with Crippen LogP contribution in [-0.4, -0.2) is 19.0 Å². The van der Waals surface area contributed by atoms with Gasteiger partial charge in [-0.15, -0.1) is 0 Å². The molecule has 0 saturated heterocycles. The van der Waals surface area contributed by atoms with Gasteiger partial charge in [0.2, 0.25) is 5.91 Å². The average molecular weight is 260 g/mol. The van der Waals surface area contributed by atoms with E-state index in [1.807, 2.05) is 32.0 Å². The van der Waals surface area contributed by atoms with E-state index in [0.717, 1.165) is 23.3 Å². The maximum Gasteiger partial charge on any atom is 0.221 e. The molecule has 102 valence electrons. The first-order chi connectivity index (χ1) is 9.22. The van der Waals surface area contributed by atoms with E-state index in [4.69, 9.17) is 4.42 Å². The van der Waals surface area contributed by atoms with Crippen molar-refractivity contribution < 1.29 is 9.21 Å². The molecule has 1 amide bonds. The van der Waals surface area contributed by atoms with E-state index in [1.54, 1.807) is 0 Å². The van der Waals surface area contributed by atoms with Crippen LogP contribution in [0, 0.1) is 6.92 Å². The Hall–Kier alpha value is -1.81. The molecular formula is C15H20N2O2. The summed E-state index contributed by atoms with van der Waals surface area (Å²) < 4.78 is 5.70. The van der Waals surface area contributed by atoms with Crippen molar-refractivity contribution in [2.45, 2.75) is 26.8 Å². The van der Waals surface area contributed by atoms with Crippen molar-refractivity contribution in [2.75, 3.05) is 13.1 Å². The Morgan fingerprint density at radius 3 is 2.89 bits per heavy atom. The molecule has 0 aliphatic heterocycles. The second kappa shape index (κ2) is 6.38. The molecule has 0 spiro atoms. The topological polar surface area (TPSA) is 54.3 Å². The van der Waals surface area contributed by atoms with E-state index in [-0.39, 0.29) is 5.91 Å². The monoisotopic (exact) mass is 260 g/mol. The summed E-state index contributed by atoms with van der Waals surface area (Å²) in [5.41, 5.74) is 2.09. The predicted molar refractivity (Wildman–Crippen MR) is 76.0 cm³/mol. The number of amides is 1. The van der Waals surface area contributed by atoms with Crippen molar-refractivity contribution >= 4 is 16.9 Å². The Morgan fingerprint density at radius 2 is 2.11 bits per heavy atom. The third-order valence-corrected chi connectivity index (χ3v) is 3.10. The molecule has 0 unspecified atom stereocenters. The molecule has 0 radical (unpaired) electrons. The van der Waals surface area contributed by atoms with Crippen LogP contribution in [0.2, 0.25) is 0 Å². The van der Waals surface area contributed by atoms with Crippen LogP contribution in [0.4, 0.5) is 0 Å². The Kier molecular flexibility index (Phi) is 4.58. The molecule has 2 aromatic rings. The van der Waals surface area contributed by atoms with E-state index >= 15 is 0 Å². The van der Waals surface area contributed by atoms with Crippen molar-refractivity contribution in [1.82, 2.24) is 10.6 Å². The van der Waals surface area contributed by atoms with Crippen LogP contribution >= 0.6 is 0 Å². The number of para-hydroxylation sites is 1. The van der Waals surface area contributed by atoms with Gasteiger partial charge in [0.1, 0.15) is 11.3 Å². The minimum Gasteiger partial charge on any atom is -0.461 e. The van der Waals surface area contributed by atoms with E-state index in [0.29, 0.717) is 19.5 Å². The van der Waals surface area contributed by atoms with Crippen molar-refractivity contribution in [3.8, 4) is 0 Å². The van der Waals surface area contributed by atoms with Gasteiger partial charge in [-0.25, -0.2) is 0 Å². The van der Waals surface area contributed by atoms with Crippen LogP contribution in [0.5, 0.6) is 0 Å². The number of carbonyl (C=O) groups is 1. The highest BCUT2D eigenvalue weighted by molar-refractivity contribution is 5.82. The standard InChI is InChI=1S/C15H20N2O2/c1-3-17-15(18)8-9-16-10-13-11(2)19-14-7-5-4-6-12(13)14/h4-7,16H,3,8-10H2,1-2H3,(H,17,18). The van der Waals surface area contributed by atoms with Gasteiger partial charge in [0, 0.05) is 37.0 Å². The molecule has 2 N–H and O–H groups in total. The molecule has 0 atom stereocenters. The van der Waals surface area contributed by atoms with Crippen LogP contribution in [-0.2, 0) is 11.3 Å². The summed E-state index contributed by atoms with van der Waals surface area (Å²) in [4.78, 5) is 11.3. The molecule has 4 nitrogen and oxygen atoms in total. The lowest BCUT2D eigenvalue weighted by molar-refractivity contribution is -0.120. The number of fused-ring (bicyclic) bond motifs is 1. The summed E-state index contributed by atoms with van der Waals surface area (Å²) >= 11 is 0. The van der Waals surface area contributed by atoms with Crippen LogP contribution in [0.15, 0.2) is 28.7 Å². The Balaban J connectivity index is 1.91. The maximum absolute atomic E-state index is 11.3. The van der Waals surface area contributed by atoms with Crippen LogP contribution < -0.4 is 10.6 Å². The lowest BCUT2D eigenvalue weighted by Crippen LogP contribution is -2.27. The lowest BCUT2D eigenvalue weighted by Gasteiger charge is -2.04. The third kappa shape index (κ3) is 3.35. The number of rotatable bonds is 6. The zero-order valence-electron chi connectivity index (χ0n) is 11.5. The van der Waals surface area contributed by atoms with Crippen LogP contribution in [0.3, 0.4) is 0 Å². The number of hydrogen-bond acceptors (Lipinski definition) is 3. The van der Waals surface area contributed by atoms with Gasteiger partial charge in [0.05, 0.1) is 0 Å². The minimum atomic E-state index is 0.0868. The Labute approximate surface area is 113 Å². The molecule has 1 heterocycles. The Bertz CT molecular complexity index is 560. The smallest absolute Gasteiger partial charge is 0.221 e. The summed E-state index contributed by atoms with van der Waals surface area (Å²) in [7, 11) is 0. The summed E-state index contributed by atoms with van der Waals surface area (Å²) in [5.74, 6) is 1.02. The number of benzene rings is 1. The van der Waals surface area contributed by atoms with Gasteiger partial charge < -0.3 is 15.1 Å². The summed E-state index contributed by atoms with van der Waals surface area (Å²) in [5, 5.41) is 7.22. The molecule has 4 heteroatoms. The zero-order chi connectivity index (χ0) is 13.7. The molecule has 19 heavy (non-hydrogen) atoms. The quantitative estimate of drug-likeness (QED) is 0.784. The van der Waals surface area contributed by atoms with Gasteiger partial charge in [-0.1, -0.05) is 18.2 Å². The van der Waals surface area contributed by atoms with E-state index in [9.17, 15) is 4.79 Å². The minimum absolute atomic E-state index is 0.0868. The summed E-state index contributed by atoms with van der Waals surface area (Å²) in [6.07, 6.45) is 0.503. The largest absolute Gasteiger partial charge is 0.461 e. The van der Waals surface area contributed by atoms with E-state index < -0.39 is 0 Å². The van der Waals surface area contributed by atoms with Gasteiger partial charge in [-0.2, -0.15) is 0 Å². The average Bonchev–Trinajstić information content (AvgIpc) is 2.71. The Morgan fingerprint density at radius 1 is 1.32 bits per heavy atom. The first-order valence-corrected chi connectivity index (χ1v) is 6.66. The van der Waals surface area contributed by atoms with Crippen molar-refractivity contribution in [2.24, 2.45) is 0 Å². The number of nitrogens with one attached hydrogen (secondary N) is 2. The van der Waals surface area contributed by atoms with Gasteiger partial charge in [-0.3, -0.25) is 4.79 Å². The molecular weight excluding hydrogens is 240 g/mol. The van der Waals surface area contributed by atoms with Gasteiger partial charge in [-0.05, 0) is 19.9 Å². The number of hydrogen-bond donors (Lipinski definition) is 2. The third-order valence-electron chi connectivity index (χ3n) is 3.10. The molecule has 0 bridgehead atoms. The normalized spacial score (nSPS) is 10.8. The fraction of sp³-hybridized carbons (Fsp3) is 0.400. The number of furan rings is 1. The summed E-state index contributed by atoms with van der Waals surface area (Å²) in [6, 6.07) is 8.01. The second-order valence-electron chi connectivity index (χ2n) is 4.51. The molecule has 2 rings (SSSR count). The number of carbonyl (C=O) groups excluding carboxylic acids is 1. The fourth-order valence-electron chi connectivity index (χ4n) is 2.14. The molecule has 1 aromatic carbocycles. The summed E-state index contributed by atoms with van der Waals surface area (Å²) in [6.45, 7) is 5.98. The second-order valence-corrected chi connectivity index (χ2v) is 4.51. The van der Waals surface area contributed by atoms with Gasteiger partial charge in [0.15, 0.2) is 0 Å². The number of aryl methyl sites for hydroxylation is 1. The molecule has 0 fully saturated rings. The van der Waals surface area contributed by atoms with Gasteiger partial charge in [0.25, 0.3) is 0 Å². The molecule has 0 aliphatic carbocycles. The van der Waals surface area contributed by atoms with Crippen LogP contribution in [0.25, 0.3) is 11.0 Å². The lowest BCUT2D eigenvalue weighted by atomic mass is 10.1. The van der Waals surface area contributed by atoms with Crippen LogP contribution in [0.1, 0.15) is 24.7 Å². The maximum atomic E-state index is 11.3. The fourth-order valence-corrected chi connectivity index (χ4v) is 2.14. The molecule has 0 aliphatic rings. The van der Waals surface area contributed by atoms with E-state index in [2.05, 4.69) is 16.7 Å². The highest BCUT2D eigenvalue weighted by atomic mass is 16.3.